The summed E-state index contributed by atoms with van der Waals surface area (Å²) in [6, 6.07) is -0.0611. The number of hydrogen-bond donors (Lipinski definition) is 2. The Labute approximate surface area is 87.6 Å². The highest BCUT2D eigenvalue weighted by Gasteiger charge is 2.20. The molecule has 0 aromatic heterocycles. The Morgan fingerprint density at radius 2 is 1.86 bits per heavy atom. The third-order valence-electron chi connectivity index (χ3n) is 2.58. The van der Waals surface area contributed by atoms with Crippen molar-refractivity contribution < 1.29 is 4.79 Å². The van der Waals surface area contributed by atoms with E-state index in [-0.39, 0.29) is 11.9 Å². The van der Waals surface area contributed by atoms with Gasteiger partial charge in [-0.3, -0.25) is 4.79 Å². The molecule has 1 amide bonds. The highest BCUT2D eigenvalue weighted by molar-refractivity contribution is 5.81. The van der Waals surface area contributed by atoms with Crippen molar-refractivity contribution in [2.24, 2.45) is 11.8 Å². The van der Waals surface area contributed by atoms with Gasteiger partial charge in [0.1, 0.15) is 0 Å². The van der Waals surface area contributed by atoms with E-state index in [1.54, 1.807) is 7.05 Å². The number of amides is 1. The molecule has 84 valence electrons. The van der Waals surface area contributed by atoms with E-state index in [0.29, 0.717) is 11.8 Å². The predicted molar refractivity (Wildman–Crippen MR) is 60.2 cm³/mol. The molecule has 0 saturated heterocycles. The third-order valence-corrected chi connectivity index (χ3v) is 2.58. The topological polar surface area (TPSA) is 41.1 Å². The van der Waals surface area contributed by atoms with Crippen molar-refractivity contribution in [3.63, 3.8) is 0 Å². The fourth-order valence-corrected chi connectivity index (χ4v) is 1.26. The van der Waals surface area contributed by atoms with E-state index in [4.69, 9.17) is 0 Å². The molecular weight excluding hydrogens is 176 g/mol. The maximum Gasteiger partial charge on any atom is 0.237 e. The molecule has 0 saturated carbocycles. The molecule has 2 atom stereocenters. The molecule has 0 aliphatic carbocycles. The lowest BCUT2D eigenvalue weighted by atomic mass is 10.0. The second-order valence-electron chi connectivity index (χ2n) is 4.26. The molecule has 0 aliphatic heterocycles. The van der Waals surface area contributed by atoms with Crippen LogP contribution in [0.2, 0.25) is 0 Å². The SMILES string of the molecule is CCC(C)CNC(C(=O)NC)C(C)C. The molecule has 0 radical (unpaired) electrons. The van der Waals surface area contributed by atoms with Crippen molar-refractivity contribution in [1.82, 2.24) is 10.6 Å². The van der Waals surface area contributed by atoms with Gasteiger partial charge in [-0.15, -0.1) is 0 Å². The summed E-state index contributed by atoms with van der Waals surface area (Å²) in [4.78, 5) is 11.5. The van der Waals surface area contributed by atoms with E-state index >= 15 is 0 Å². The summed E-state index contributed by atoms with van der Waals surface area (Å²) in [7, 11) is 1.68. The summed E-state index contributed by atoms with van der Waals surface area (Å²) in [5.74, 6) is 1.04. The largest absolute Gasteiger partial charge is 0.358 e. The fourth-order valence-electron chi connectivity index (χ4n) is 1.26. The first-order chi connectivity index (χ1) is 6.52. The zero-order chi connectivity index (χ0) is 11.1. The van der Waals surface area contributed by atoms with Crippen molar-refractivity contribution >= 4 is 5.91 Å². The number of hydrogen-bond acceptors (Lipinski definition) is 2. The Kier molecular flexibility index (Phi) is 6.54. The van der Waals surface area contributed by atoms with Crippen LogP contribution in [0.15, 0.2) is 0 Å². The molecule has 2 unspecified atom stereocenters. The first kappa shape index (κ1) is 13.4. The minimum absolute atomic E-state index is 0.0611. The van der Waals surface area contributed by atoms with E-state index in [1.807, 2.05) is 0 Å². The first-order valence-electron chi connectivity index (χ1n) is 5.47. The Hall–Kier alpha value is -0.570. The molecule has 0 heterocycles. The van der Waals surface area contributed by atoms with Gasteiger partial charge < -0.3 is 10.6 Å². The third kappa shape index (κ3) is 4.61. The number of carbonyl (C=O) groups is 1. The number of carbonyl (C=O) groups excluding carboxylic acids is 1. The number of nitrogens with one attached hydrogen (secondary N) is 2. The van der Waals surface area contributed by atoms with Crippen LogP contribution in [0, 0.1) is 11.8 Å². The van der Waals surface area contributed by atoms with Gasteiger partial charge in [0.15, 0.2) is 0 Å². The predicted octanol–water partition coefficient (Wildman–Crippen LogP) is 1.39. The minimum Gasteiger partial charge on any atom is -0.358 e. The van der Waals surface area contributed by atoms with Crippen LogP contribution in [0.4, 0.5) is 0 Å². The second-order valence-corrected chi connectivity index (χ2v) is 4.26. The Bertz CT molecular complexity index is 169. The van der Waals surface area contributed by atoms with Crippen LogP contribution in [0.5, 0.6) is 0 Å². The lowest BCUT2D eigenvalue weighted by Crippen LogP contribution is -2.47. The van der Waals surface area contributed by atoms with Gasteiger partial charge in [0.2, 0.25) is 5.91 Å². The molecule has 0 bridgehead atoms. The summed E-state index contributed by atoms with van der Waals surface area (Å²) in [6.45, 7) is 9.38. The molecular formula is C11H24N2O. The molecule has 3 nitrogen and oxygen atoms in total. The van der Waals surface area contributed by atoms with Crippen LogP contribution in [-0.2, 0) is 4.79 Å². The van der Waals surface area contributed by atoms with Crippen molar-refractivity contribution in [1.29, 1.82) is 0 Å². The maximum atomic E-state index is 11.5. The second kappa shape index (κ2) is 6.82. The van der Waals surface area contributed by atoms with Gasteiger partial charge >= 0.3 is 0 Å². The standard InChI is InChI=1S/C11H24N2O/c1-6-9(4)7-13-10(8(2)3)11(14)12-5/h8-10,13H,6-7H2,1-5H3,(H,12,14). The number of likely N-dealkylation sites (N-methyl/N-ethyl adjacent to an activating group) is 1. The monoisotopic (exact) mass is 200 g/mol. The van der Waals surface area contributed by atoms with Crippen molar-refractivity contribution in [2.45, 2.75) is 40.2 Å². The van der Waals surface area contributed by atoms with Crippen LogP contribution in [0.1, 0.15) is 34.1 Å². The summed E-state index contributed by atoms with van der Waals surface area (Å²) < 4.78 is 0. The van der Waals surface area contributed by atoms with Crippen LogP contribution >= 0.6 is 0 Å². The minimum atomic E-state index is -0.0611. The van der Waals surface area contributed by atoms with E-state index in [2.05, 4.69) is 38.3 Å². The average Bonchev–Trinajstić information content (AvgIpc) is 2.16. The van der Waals surface area contributed by atoms with Crippen LogP contribution in [-0.4, -0.2) is 25.5 Å². The summed E-state index contributed by atoms with van der Waals surface area (Å²) >= 11 is 0. The van der Waals surface area contributed by atoms with Gasteiger partial charge in [-0.25, -0.2) is 0 Å². The smallest absolute Gasteiger partial charge is 0.237 e. The molecule has 0 spiro atoms. The number of rotatable bonds is 6. The summed E-state index contributed by atoms with van der Waals surface area (Å²) in [6.07, 6.45) is 1.14. The first-order valence-corrected chi connectivity index (χ1v) is 5.47. The molecule has 0 aromatic carbocycles. The Balaban J connectivity index is 4.04. The van der Waals surface area contributed by atoms with Crippen molar-refractivity contribution in [2.75, 3.05) is 13.6 Å². The van der Waals surface area contributed by atoms with Gasteiger partial charge in [0.25, 0.3) is 0 Å². The molecule has 0 aromatic rings. The van der Waals surface area contributed by atoms with E-state index in [1.165, 1.54) is 0 Å². The zero-order valence-corrected chi connectivity index (χ0v) is 10.1. The molecule has 0 aliphatic rings. The van der Waals surface area contributed by atoms with E-state index in [0.717, 1.165) is 13.0 Å². The molecule has 2 N–H and O–H groups in total. The summed E-state index contributed by atoms with van der Waals surface area (Å²) in [5.41, 5.74) is 0. The molecule has 3 heteroatoms. The zero-order valence-electron chi connectivity index (χ0n) is 10.1. The van der Waals surface area contributed by atoms with Crippen LogP contribution in [0.25, 0.3) is 0 Å². The van der Waals surface area contributed by atoms with E-state index in [9.17, 15) is 4.79 Å². The molecule has 14 heavy (non-hydrogen) atoms. The van der Waals surface area contributed by atoms with Gasteiger partial charge in [-0.1, -0.05) is 34.1 Å². The molecule has 0 rings (SSSR count). The van der Waals surface area contributed by atoms with Gasteiger partial charge in [-0.2, -0.15) is 0 Å². The van der Waals surface area contributed by atoms with Gasteiger partial charge in [0, 0.05) is 7.05 Å². The lowest BCUT2D eigenvalue weighted by molar-refractivity contribution is -0.123. The average molecular weight is 200 g/mol. The van der Waals surface area contributed by atoms with Crippen LogP contribution in [0.3, 0.4) is 0 Å². The quantitative estimate of drug-likeness (QED) is 0.680. The van der Waals surface area contributed by atoms with Crippen molar-refractivity contribution in [3.05, 3.63) is 0 Å². The lowest BCUT2D eigenvalue weighted by Gasteiger charge is -2.22. The highest BCUT2D eigenvalue weighted by Crippen LogP contribution is 2.04. The summed E-state index contributed by atoms with van der Waals surface area (Å²) in [5, 5.41) is 6.00. The van der Waals surface area contributed by atoms with E-state index < -0.39 is 0 Å². The van der Waals surface area contributed by atoms with Gasteiger partial charge in [0.05, 0.1) is 6.04 Å². The Morgan fingerprint density at radius 1 is 1.29 bits per heavy atom. The van der Waals surface area contributed by atoms with Gasteiger partial charge in [-0.05, 0) is 18.4 Å². The molecule has 0 fully saturated rings. The van der Waals surface area contributed by atoms with Crippen molar-refractivity contribution in [3.8, 4) is 0 Å². The van der Waals surface area contributed by atoms with Crippen LogP contribution < -0.4 is 10.6 Å². The normalized spacial score (nSPS) is 15.3. The highest BCUT2D eigenvalue weighted by atomic mass is 16.2. The fraction of sp³-hybridized carbons (Fsp3) is 0.909. The Morgan fingerprint density at radius 3 is 2.21 bits per heavy atom. The maximum absolute atomic E-state index is 11.5.